The summed E-state index contributed by atoms with van der Waals surface area (Å²) in [5, 5.41) is 12.9. The van der Waals surface area contributed by atoms with Crippen molar-refractivity contribution in [2.24, 2.45) is 14.1 Å². The summed E-state index contributed by atoms with van der Waals surface area (Å²) in [6.45, 7) is 2.89. The quantitative estimate of drug-likeness (QED) is 0.158. The maximum absolute atomic E-state index is 13.1. The Kier molecular flexibility index (Phi) is 10.5. The number of carbonyl (C=O) groups is 4. The van der Waals surface area contributed by atoms with Gasteiger partial charge in [0.05, 0.1) is 11.9 Å². The molecule has 4 amide bonds. The summed E-state index contributed by atoms with van der Waals surface area (Å²) in [6.07, 6.45) is 5.99. The Bertz CT molecular complexity index is 2260. The highest BCUT2D eigenvalue weighted by molar-refractivity contribution is 7.88. The van der Waals surface area contributed by atoms with Gasteiger partial charge in [-0.1, -0.05) is 24.3 Å². The topological polar surface area (TPSA) is 193 Å². The first-order valence-electron chi connectivity index (χ1n) is 16.4. The van der Waals surface area contributed by atoms with Gasteiger partial charge in [0, 0.05) is 88.6 Å². The van der Waals surface area contributed by atoms with Crippen LogP contribution < -0.4 is 21.3 Å². The third-order valence-corrected chi connectivity index (χ3v) is 9.90. The van der Waals surface area contributed by atoms with Gasteiger partial charge >= 0.3 is 0 Å². The van der Waals surface area contributed by atoms with Gasteiger partial charge in [0.1, 0.15) is 11.4 Å². The summed E-state index contributed by atoms with van der Waals surface area (Å²) in [5.74, 6) is -1.39. The maximum Gasteiger partial charge on any atom is 0.287 e. The van der Waals surface area contributed by atoms with Crippen LogP contribution in [0.5, 0.6) is 0 Å². The van der Waals surface area contributed by atoms with Gasteiger partial charge in [0.2, 0.25) is 15.8 Å². The van der Waals surface area contributed by atoms with E-state index in [4.69, 9.17) is 0 Å². The Morgan fingerprint density at radius 2 is 1.44 bits per heavy atom. The molecule has 52 heavy (non-hydrogen) atoms. The standard InChI is InChI=1S/C35H38N10O6S/c1-42-21-27(39-33(47)28-18-24-6-4-5-7-25(24)20-37-28)19-29(42)34(48)38-26-10-8-23(9-11-26)32(46)41-30-22-43(2)31(40-30)35(49)36-12-13-44-14-16-45(17-15-44)52(3,50)51/h4-11,18-22H,12-17H2,1-3H3,(H,36,49)(H,38,48)(H,39,47)(H,41,46). The van der Waals surface area contributed by atoms with Crippen LogP contribution in [0.25, 0.3) is 10.8 Å². The SMILES string of the molecule is Cn1cc(NC(=O)c2cc3ccccc3cn2)cc1C(=O)Nc1ccc(C(=O)Nc2cn(C)c(C(=O)NCCN3CCN(S(C)(=O)=O)CC3)n2)cc1. The summed E-state index contributed by atoms with van der Waals surface area (Å²) in [6, 6.07) is 17.1. The molecule has 1 fully saturated rings. The van der Waals surface area contributed by atoms with Gasteiger partial charge in [0.15, 0.2) is 5.82 Å². The van der Waals surface area contributed by atoms with Gasteiger partial charge < -0.3 is 30.4 Å². The third kappa shape index (κ3) is 8.51. The fraction of sp³-hybridized carbons (Fsp3) is 0.257. The number of piperazine rings is 1. The number of nitrogens with zero attached hydrogens (tertiary/aromatic N) is 6. The highest BCUT2D eigenvalue weighted by Crippen LogP contribution is 2.19. The summed E-state index contributed by atoms with van der Waals surface area (Å²) in [7, 11) is 0.121. The van der Waals surface area contributed by atoms with Crippen LogP contribution in [0.4, 0.5) is 17.2 Å². The van der Waals surface area contributed by atoms with E-state index >= 15 is 0 Å². The number of fused-ring (bicyclic) bond motifs is 1. The van der Waals surface area contributed by atoms with E-state index in [9.17, 15) is 27.6 Å². The molecule has 1 saturated heterocycles. The molecule has 4 N–H and O–H groups in total. The van der Waals surface area contributed by atoms with Crippen molar-refractivity contribution in [1.29, 1.82) is 0 Å². The van der Waals surface area contributed by atoms with Crippen LogP contribution in [-0.4, -0.2) is 106 Å². The van der Waals surface area contributed by atoms with E-state index in [2.05, 4.69) is 36.1 Å². The number of hydrogen-bond donors (Lipinski definition) is 4. The van der Waals surface area contributed by atoms with Crippen molar-refractivity contribution < 1.29 is 27.6 Å². The number of aryl methyl sites for hydroxylation is 2. The molecular weight excluding hydrogens is 689 g/mol. The number of anilines is 3. The molecule has 1 aliphatic rings. The Hall–Kier alpha value is -5.91. The van der Waals surface area contributed by atoms with Crippen LogP contribution in [-0.2, 0) is 24.1 Å². The zero-order valence-corrected chi connectivity index (χ0v) is 29.6. The number of hydrogen-bond acceptors (Lipinski definition) is 9. The molecule has 0 atom stereocenters. The van der Waals surface area contributed by atoms with Gasteiger partial charge in [0.25, 0.3) is 23.6 Å². The van der Waals surface area contributed by atoms with Crippen LogP contribution in [0, 0.1) is 0 Å². The minimum Gasteiger partial charge on any atom is -0.348 e. The van der Waals surface area contributed by atoms with Crippen LogP contribution in [0.15, 0.2) is 79.3 Å². The minimum absolute atomic E-state index is 0.115. The zero-order valence-electron chi connectivity index (χ0n) is 28.8. The molecule has 0 unspecified atom stereocenters. The van der Waals surface area contributed by atoms with E-state index < -0.39 is 33.7 Å². The molecule has 4 heterocycles. The first-order chi connectivity index (χ1) is 24.8. The molecule has 6 rings (SSSR count). The number of nitrogens with one attached hydrogen (secondary N) is 4. The van der Waals surface area contributed by atoms with E-state index in [1.165, 1.54) is 21.3 Å². The number of pyridine rings is 1. The van der Waals surface area contributed by atoms with Gasteiger partial charge in [-0.25, -0.2) is 13.4 Å². The molecular formula is C35H38N10O6S. The van der Waals surface area contributed by atoms with Crippen molar-refractivity contribution in [2.75, 3.05) is 61.5 Å². The van der Waals surface area contributed by atoms with Crippen LogP contribution in [0.1, 0.15) is 42.0 Å². The number of carbonyl (C=O) groups excluding carboxylic acids is 4. The van der Waals surface area contributed by atoms with Crippen molar-refractivity contribution in [3.8, 4) is 0 Å². The zero-order chi connectivity index (χ0) is 37.0. The molecule has 2 aromatic carbocycles. The van der Waals surface area contributed by atoms with Crippen molar-refractivity contribution in [2.45, 2.75) is 0 Å². The van der Waals surface area contributed by atoms with Gasteiger partial charge in [-0.3, -0.25) is 29.1 Å². The second-order valence-corrected chi connectivity index (χ2v) is 14.4. The molecule has 17 heteroatoms. The average Bonchev–Trinajstić information content (AvgIpc) is 3.68. The molecule has 0 spiro atoms. The monoisotopic (exact) mass is 726 g/mol. The fourth-order valence-corrected chi connectivity index (χ4v) is 6.61. The first-order valence-corrected chi connectivity index (χ1v) is 18.2. The second kappa shape index (κ2) is 15.1. The molecule has 0 radical (unpaired) electrons. The number of benzene rings is 2. The summed E-state index contributed by atoms with van der Waals surface area (Å²) >= 11 is 0. The lowest BCUT2D eigenvalue weighted by Gasteiger charge is -2.33. The van der Waals surface area contributed by atoms with Gasteiger partial charge in [-0.2, -0.15) is 4.31 Å². The number of sulfonamides is 1. The largest absolute Gasteiger partial charge is 0.348 e. The summed E-state index contributed by atoms with van der Waals surface area (Å²) in [5.41, 5.74) is 1.72. The lowest BCUT2D eigenvalue weighted by molar-refractivity contribution is 0.0929. The summed E-state index contributed by atoms with van der Waals surface area (Å²) in [4.78, 5) is 62.3. The van der Waals surface area contributed by atoms with E-state index in [1.54, 1.807) is 67.5 Å². The van der Waals surface area contributed by atoms with Gasteiger partial charge in [-0.05, 0) is 41.8 Å². The Morgan fingerprint density at radius 1 is 0.750 bits per heavy atom. The highest BCUT2D eigenvalue weighted by Gasteiger charge is 2.23. The molecule has 3 aromatic heterocycles. The van der Waals surface area contributed by atoms with E-state index in [-0.39, 0.29) is 17.3 Å². The number of imidazole rings is 1. The first kappa shape index (κ1) is 35.9. The third-order valence-electron chi connectivity index (χ3n) is 8.60. The Labute approximate surface area is 299 Å². The predicted molar refractivity (Wildman–Crippen MR) is 196 cm³/mol. The number of aromatic nitrogens is 4. The molecule has 16 nitrogen and oxygen atoms in total. The number of amides is 4. The summed E-state index contributed by atoms with van der Waals surface area (Å²) < 4.78 is 27.9. The fourth-order valence-electron chi connectivity index (χ4n) is 5.78. The van der Waals surface area contributed by atoms with Crippen LogP contribution in [0.3, 0.4) is 0 Å². The van der Waals surface area contributed by atoms with Crippen molar-refractivity contribution in [1.82, 2.24) is 33.6 Å². The van der Waals surface area contributed by atoms with E-state index in [0.717, 1.165) is 10.8 Å². The molecule has 0 saturated carbocycles. The molecule has 0 aliphatic carbocycles. The van der Waals surface area contributed by atoms with Crippen molar-refractivity contribution >= 4 is 61.6 Å². The number of rotatable bonds is 11. The predicted octanol–water partition coefficient (Wildman–Crippen LogP) is 2.37. The van der Waals surface area contributed by atoms with E-state index in [0.29, 0.717) is 61.9 Å². The molecule has 0 bridgehead atoms. The molecule has 1 aliphatic heterocycles. The molecule has 270 valence electrons. The molecule has 5 aromatic rings. The van der Waals surface area contributed by atoms with Crippen LogP contribution >= 0.6 is 0 Å². The van der Waals surface area contributed by atoms with Crippen LogP contribution in [0.2, 0.25) is 0 Å². The smallest absolute Gasteiger partial charge is 0.287 e. The van der Waals surface area contributed by atoms with E-state index in [1.807, 2.05) is 24.3 Å². The van der Waals surface area contributed by atoms with Crippen molar-refractivity contribution in [3.63, 3.8) is 0 Å². The Morgan fingerprint density at radius 3 is 2.15 bits per heavy atom. The van der Waals surface area contributed by atoms with Gasteiger partial charge in [-0.15, -0.1) is 0 Å². The second-order valence-electron chi connectivity index (χ2n) is 12.4. The van der Waals surface area contributed by atoms with Crippen molar-refractivity contribution in [3.05, 3.63) is 102 Å². The lowest BCUT2D eigenvalue weighted by atomic mass is 10.1. The minimum atomic E-state index is -3.21. The highest BCUT2D eigenvalue weighted by atomic mass is 32.2. The average molecular weight is 727 g/mol. The lowest BCUT2D eigenvalue weighted by Crippen LogP contribution is -2.49. The maximum atomic E-state index is 13.1. The Balaban J connectivity index is 0.983. The normalized spacial score (nSPS) is 13.8.